The highest BCUT2D eigenvalue weighted by molar-refractivity contribution is 5.75. The molecular weight excluding hydrogens is 297 g/mol. The summed E-state index contributed by atoms with van der Waals surface area (Å²) < 4.78 is 38.9. The molecule has 0 aliphatic carbocycles. The van der Waals surface area contributed by atoms with Gasteiger partial charge in [-0.15, -0.1) is 0 Å². The van der Waals surface area contributed by atoms with Crippen LogP contribution in [0.1, 0.15) is 11.1 Å². The number of nitrogens with zero attached hydrogens (tertiary/aromatic N) is 1. The SMILES string of the molecule is O=C(Cn1ccccc1=O)NCc1cccc(C(F)(F)F)c1. The molecule has 1 aromatic heterocycles. The maximum absolute atomic E-state index is 12.6. The van der Waals surface area contributed by atoms with Gasteiger partial charge in [0.1, 0.15) is 6.54 Å². The van der Waals surface area contributed by atoms with Crippen molar-refractivity contribution < 1.29 is 18.0 Å². The number of hydrogen-bond donors (Lipinski definition) is 1. The van der Waals surface area contributed by atoms with E-state index < -0.39 is 17.6 Å². The largest absolute Gasteiger partial charge is 0.416 e. The number of halogens is 3. The molecule has 2 aromatic rings. The van der Waals surface area contributed by atoms with Crippen LogP contribution in [-0.4, -0.2) is 10.5 Å². The van der Waals surface area contributed by atoms with Gasteiger partial charge >= 0.3 is 6.18 Å². The summed E-state index contributed by atoms with van der Waals surface area (Å²) in [5.41, 5.74) is -0.751. The van der Waals surface area contributed by atoms with Gasteiger partial charge in [-0.2, -0.15) is 13.2 Å². The van der Waals surface area contributed by atoms with Crippen LogP contribution in [0.4, 0.5) is 13.2 Å². The molecule has 0 fully saturated rings. The first-order chi connectivity index (χ1) is 10.4. The smallest absolute Gasteiger partial charge is 0.350 e. The van der Waals surface area contributed by atoms with Gasteiger partial charge in [-0.25, -0.2) is 0 Å². The van der Waals surface area contributed by atoms with E-state index in [1.165, 1.54) is 29.0 Å². The average Bonchev–Trinajstić information content (AvgIpc) is 2.47. The Morgan fingerprint density at radius 3 is 2.59 bits per heavy atom. The molecule has 7 heteroatoms. The fourth-order valence-corrected chi connectivity index (χ4v) is 1.86. The molecule has 116 valence electrons. The number of carbonyl (C=O) groups excluding carboxylic acids is 1. The summed E-state index contributed by atoms with van der Waals surface area (Å²) in [5, 5.41) is 2.49. The van der Waals surface area contributed by atoms with Gasteiger partial charge in [0.15, 0.2) is 0 Å². The standard InChI is InChI=1S/C15H13F3N2O2/c16-15(17,18)12-5-3-4-11(8-12)9-19-13(21)10-20-7-2-1-6-14(20)22/h1-8H,9-10H2,(H,19,21). The number of amides is 1. The fourth-order valence-electron chi connectivity index (χ4n) is 1.86. The summed E-state index contributed by atoms with van der Waals surface area (Å²) in [6.07, 6.45) is -2.95. The van der Waals surface area contributed by atoms with E-state index >= 15 is 0 Å². The lowest BCUT2D eigenvalue weighted by Gasteiger charge is -2.10. The molecule has 0 saturated heterocycles. The third kappa shape index (κ3) is 4.21. The second kappa shape index (κ2) is 6.46. The van der Waals surface area contributed by atoms with Gasteiger partial charge in [-0.05, 0) is 23.8 Å². The van der Waals surface area contributed by atoms with E-state index in [1.807, 2.05) is 0 Å². The van der Waals surface area contributed by atoms with Gasteiger partial charge < -0.3 is 9.88 Å². The summed E-state index contributed by atoms with van der Waals surface area (Å²) in [5.74, 6) is -0.453. The maximum atomic E-state index is 12.6. The molecule has 0 radical (unpaired) electrons. The quantitative estimate of drug-likeness (QED) is 0.941. The Hall–Kier alpha value is -2.57. The second-order valence-corrected chi connectivity index (χ2v) is 4.64. The molecule has 0 unspecified atom stereocenters. The van der Waals surface area contributed by atoms with Gasteiger partial charge in [-0.3, -0.25) is 9.59 Å². The predicted octanol–water partition coefficient (Wildman–Crippen LogP) is 2.18. The molecule has 0 aliphatic rings. The Kier molecular flexibility index (Phi) is 4.65. The van der Waals surface area contributed by atoms with Crippen molar-refractivity contribution in [1.29, 1.82) is 0 Å². The van der Waals surface area contributed by atoms with Crippen LogP contribution in [-0.2, 0) is 24.1 Å². The molecule has 2 rings (SSSR count). The first kappa shape index (κ1) is 15.8. The summed E-state index contributed by atoms with van der Waals surface area (Å²) in [7, 11) is 0. The van der Waals surface area contributed by atoms with Gasteiger partial charge in [0.2, 0.25) is 5.91 Å². The monoisotopic (exact) mass is 310 g/mol. The molecule has 4 nitrogen and oxygen atoms in total. The lowest BCUT2D eigenvalue weighted by molar-refractivity contribution is -0.137. The number of benzene rings is 1. The molecule has 1 N–H and O–H groups in total. The molecule has 0 aliphatic heterocycles. The topological polar surface area (TPSA) is 51.1 Å². The zero-order chi connectivity index (χ0) is 16.2. The first-order valence-corrected chi connectivity index (χ1v) is 6.44. The van der Waals surface area contributed by atoms with Gasteiger partial charge in [-0.1, -0.05) is 18.2 Å². The molecule has 1 heterocycles. The van der Waals surface area contributed by atoms with Crippen molar-refractivity contribution in [2.45, 2.75) is 19.3 Å². The van der Waals surface area contributed by atoms with Crippen molar-refractivity contribution in [1.82, 2.24) is 9.88 Å². The zero-order valence-electron chi connectivity index (χ0n) is 11.4. The Bertz CT molecular complexity index is 723. The van der Waals surface area contributed by atoms with Gasteiger partial charge in [0.05, 0.1) is 5.56 Å². The Labute approximate surface area is 124 Å². The molecule has 0 spiro atoms. The number of pyridine rings is 1. The summed E-state index contributed by atoms with van der Waals surface area (Å²) in [4.78, 5) is 23.2. The lowest BCUT2D eigenvalue weighted by atomic mass is 10.1. The second-order valence-electron chi connectivity index (χ2n) is 4.64. The van der Waals surface area contributed by atoms with Gasteiger partial charge in [0, 0.05) is 18.8 Å². The van der Waals surface area contributed by atoms with E-state index in [1.54, 1.807) is 12.1 Å². The van der Waals surface area contributed by atoms with Crippen LogP contribution >= 0.6 is 0 Å². The van der Waals surface area contributed by atoms with Crippen LogP contribution in [0.5, 0.6) is 0 Å². The normalized spacial score (nSPS) is 11.2. The maximum Gasteiger partial charge on any atom is 0.416 e. The number of hydrogen-bond acceptors (Lipinski definition) is 2. The lowest BCUT2D eigenvalue weighted by Crippen LogP contribution is -2.31. The van der Waals surface area contributed by atoms with E-state index in [0.717, 1.165) is 12.1 Å². The minimum Gasteiger partial charge on any atom is -0.350 e. The number of alkyl halides is 3. The Morgan fingerprint density at radius 1 is 1.14 bits per heavy atom. The highest BCUT2D eigenvalue weighted by Crippen LogP contribution is 2.29. The molecule has 0 atom stereocenters. The average molecular weight is 310 g/mol. The number of nitrogens with one attached hydrogen (secondary N) is 1. The van der Waals surface area contributed by atoms with Crippen LogP contribution in [0.15, 0.2) is 53.5 Å². The highest BCUT2D eigenvalue weighted by atomic mass is 19.4. The molecule has 1 amide bonds. The van der Waals surface area contributed by atoms with Crippen LogP contribution in [0.2, 0.25) is 0 Å². The third-order valence-corrected chi connectivity index (χ3v) is 2.96. The van der Waals surface area contributed by atoms with Crippen LogP contribution < -0.4 is 10.9 Å². The van der Waals surface area contributed by atoms with E-state index in [9.17, 15) is 22.8 Å². The molecular formula is C15H13F3N2O2. The van der Waals surface area contributed by atoms with Crippen LogP contribution in [0.25, 0.3) is 0 Å². The van der Waals surface area contributed by atoms with Gasteiger partial charge in [0.25, 0.3) is 5.56 Å². The van der Waals surface area contributed by atoms with Crippen molar-refractivity contribution in [2.75, 3.05) is 0 Å². The molecule has 0 saturated carbocycles. The summed E-state index contributed by atoms with van der Waals surface area (Å²) >= 11 is 0. The van der Waals surface area contributed by atoms with Crippen molar-refractivity contribution in [3.63, 3.8) is 0 Å². The van der Waals surface area contributed by atoms with Crippen molar-refractivity contribution in [3.05, 3.63) is 70.1 Å². The van der Waals surface area contributed by atoms with E-state index in [-0.39, 0.29) is 18.6 Å². The number of carbonyl (C=O) groups is 1. The number of aromatic nitrogens is 1. The Balaban J connectivity index is 1.97. The first-order valence-electron chi connectivity index (χ1n) is 6.44. The number of rotatable bonds is 4. The molecule has 0 bridgehead atoms. The van der Waals surface area contributed by atoms with Crippen LogP contribution in [0.3, 0.4) is 0 Å². The fraction of sp³-hybridized carbons (Fsp3) is 0.200. The van der Waals surface area contributed by atoms with E-state index in [0.29, 0.717) is 5.56 Å². The van der Waals surface area contributed by atoms with Crippen molar-refractivity contribution in [2.24, 2.45) is 0 Å². The van der Waals surface area contributed by atoms with Crippen LogP contribution in [0, 0.1) is 0 Å². The third-order valence-electron chi connectivity index (χ3n) is 2.96. The Morgan fingerprint density at radius 2 is 1.91 bits per heavy atom. The molecule has 22 heavy (non-hydrogen) atoms. The minimum absolute atomic E-state index is 0.0374. The van der Waals surface area contributed by atoms with E-state index in [2.05, 4.69) is 5.32 Å². The minimum atomic E-state index is -4.42. The summed E-state index contributed by atoms with van der Waals surface area (Å²) in [6.45, 7) is -0.219. The molecule has 1 aromatic carbocycles. The van der Waals surface area contributed by atoms with Crippen molar-refractivity contribution >= 4 is 5.91 Å². The predicted molar refractivity (Wildman–Crippen MR) is 74.0 cm³/mol. The van der Waals surface area contributed by atoms with E-state index in [4.69, 9.17) is 0 Å². The summed E-state index contributed by atoms with van der Waals surface area (Å²) in [6, 6.07) is 9.21. The highest BCUT2D eigenvalue weighted by Gasteiger charge is 2.30. The zero-order valence-corrected chi connectivity index (χ0v) is 11.4. The van der Waals surface area contributed by atoms with Crippen molar-refractivity contribution in [3.8, 4) is 0 Å².